The molecule has 0 fully saturated rings. The van der Waals surface area contributed by atoms with E-state index in [2.05, 4.69) is 0 Å². The number of hydrogen-bond donors (Lipinski definition) is 0. The molecule has 0 amide bonds. The number of carboxylic acid groups (broad SMARTS) is 1. The second kappa shape index (κ2) is 3.39. The van der Waals surface area contributed by atoms with Gasteiger partial charge in [0.05, 0.1) is 10.9 Å². The fourth-order valence-corrected chi connectivity index (χ4v) is 1.47. The Morgan fingerprint density at radius 2 is 1.93 bits per heavy atom. The molecule has 0 aliphatic carbocycles. The predicted molar refractivity (Wildman–Crippen MR) is 43.5 cm³/mol. The topological polar surface area (TPSA) is 97.3 Å². The molecule has 6 heteroatoms. The lowest BCUT2D eigenvalue weighted by atomic mass is 10.1. The van der Waals surface area contributed by atoms with E-state index in [1.165, 1.54) is 13.0 Å². The zero-order chi connectivity index (χ0) is 10.9. The Labute approximate surface area is 80.7 Å². The van der Waals surface area contributed by atoms with E-state index in [1.54, 1.807) is 0 Å². The summed E-state index contributed by atoms with van der Waals surface area (Å²) in [6.45, 7) is 1.48. The molecule has 76 valence electrons. The van der Waals surface area contributed by atoms with Crippen molar-refractivity contribution in [2.24, 2.45) is 0 Å². The third-order valence-electron chi connectivity index (χ3n) is 1.72. The lowest BCUT2D eigenvalue weighted by molar-refractivity contribution is -0.255. The second-order valence-electron chi connectivity index (χ2n) is 2.72. The normalized spacial score (nSPS) is 11.3. The number of carbonyl (C=O) groups excluding carboxylic acids is 1. The number of carbonyl (C=O) groups is 1. The molecule has 0 aliphatic rings. The van der Waals surface area contributed by atoms with Gasteiger partial charge in [-0.2, -0.15) is 0 Å². The highest BCUT2D eigenvalue weighted by atomic mass is 32.2. The highest BCUT2D eigenvalue weighted by Crippen LogP contribution is 2.14. The summed E-state index contributed by atoms with van der Waals surface area (Å²) in [5.74, 6) is -1.51. The Hall–Kier alpha value is -1.40. The molecular weight excluding hydrogens is 208 g/mol. The lowest BCUT2D eigenvalue weighted by Crippen LogP contribution is -2.23. The third kappa shape index (κ3) is 2.09. The Balaban J connectivity index is 3.42. The van der Waals surface area contributed by atoms with Gasteiger partial charge in [-0.05, 0) is 24.6 Å². The van der Waals surface area contributed by atoms with E-state index in [-0.39, 0.29) is 5.56 Å². The Morgan fingerprint density at radius 1 is 1.36 bits per heavy atom. The molecule has 1 aromatic carbocycles. The first-order valence-electron chi connectivity index (χ1n) is 3.60. The summed E-state index contributed by atoms with van der Waals surface area (Å²) >= 11 is 0. The van der Waals surface area contributed by atoms with Crippen LogP contribution in [0.2, 0.25) is 0 Å². The largest absolute Gasteiger partial charge is 0.744 e. The van der Waals surface area contributed by atoms with E-state index in [4.69, 9.17) is 0 Å². The molecule has 0 spiro atoms. The Morgan fingerprint density at radius 3 is 2.36 bits per heavy atom. The quantitative estimate of drug-likeness (QED) is 0.604. The Bertz CT molecular complexity index is 475. The minimum absolute atomic E-state index is 0.290. The van der Waals surface area contributed by atoms with Crippen LogP contribution < -0.4 is 5.11 Å². The zero-order valence-corrected chi connectivity index (χ0v) is 8.00. The molecule has 0 aromatic heterocycles. The van der Waals surface area contributed by atoms with E-state index in [0.29, 0.717) is 5.56 Å². The van der Waals surface area contributed by atoms with Crippen LogP contribution in [0.1, 0.15) is 15.9 Å². The fraction of sp³-hybridized carbons (Fsp3) is 0.125. The zero-order valence-electron chi connectivity index (χ0n) is 7.18. The fourth-order valence-electron chi connectivity index (χ4n) is 0.977. The van der Waals surface area contributed by atoms with Crippen molar-refractivity contribution in [1.82, 2.24) is 0 Å². The summed E-state index contributed by atoms with van der Waals surface area (Å²) in [5.41, 5.74) is 0.0549. The van der Waals surface area contributed by atoms with Crippen LogP contribution in [0.3, 0.4) is 0 Å². The number of carboxylic acids is 1. The molecule has 14 heavy (non-hydrogen) atoms. The van der Waals surface area contributed by atoms with Gasteiger partial charge >= 0.3 is 0 Å². The summed E-state index contributed by atoms with van der Waals surface area (Å²) in [4.78, 5) is 9.93. The van der Waals surface area contributed by atoms with Crippen LogP contribution in [0.4, 0.5) is 0 Å². The van der Waals surface area contributed by atoms with Crippen LogP contribution in [0.25, 0.3) is 0 Å². The van der Waals surface area contributed by atoms with Crippen molar-refractivity contribution in [3.05, 3.63) is 29.3 Å². The van der Waals surface area contributed by atoms with Gasteiger partial charge in [-0.25, -0.2) is 8.42 Å². The van der Waals surface area contributed by atoms with Gasteiger partial charge in [0.15, 0.2) is 0 Å². The van der Waals surface area contributed by atoms with Crippen molar-refractivity contribution in [3.63, 3.8) is 0 Å². The van der Waals surface area contributed by atoms with Gasteiger partial charge in [0.25, 0.3) is 0 Å². The summed E-state index contributed by atoms with van der Waals surface area (Å²) in [5, 5.41) is 10.5. The van der Waals surface area contributed by atoms with E-state index in [0.717, 1.165) is 12.1 Å². The molecule has 0 saturated heterocycles. The molecule has 5 nitrogen and oxygen atoms in total. The summed E-state index contributed by atoms with van der Waals surface area (Å²) < 4.78 is 31.7. The van der Waals surface area contributed by atoms with Crippen LogP contribution in [0.5, 0.6) is 0 Å². The maximum Gasteiger partial charge on any atom is 0.124 e. The Kier molecular flexibility index (Phi) is 2.59. The highest BCUT2D eigenvalue weighted by Gasteiger charge is 2.05. The first-order chi connectivity index (χ1) is 6.32. The molecule has 1 aromatic rings. The molecule has 0 heterocycles. The smallest absolute Gasteiger partial charge is 0.124 e. The van der Waals surface area contributed by atoms with Crippen molar-refractivity contribution in [3.8, 4) is 0 Å². The maximum atomic E-state index is 10.6. The van der Waals surface area contributed by atoms with Gasteiger partial charge in [-0.3, -0.25) is 0 Å². The van der Waals surface area contributed by atoms with Crippen LogP contribution in [-0.4, -0.2) is 18.9 Å². The van der Waals surface area contributed by atoms with Gasteiger partial charge in [0.2, 0.25) is 0 Å². The van der Waals surface area contributed by atoms with Crippen molar-refractivity contribution in [1.29, 1.82) is 0 Å². The average molecular weight is 214 g/mol. The van der Waals surface area contributed by atoms with E-state index < -0.39 is 21.0 Å². The van der Waals surface area contributed by atoms with Gasteiger partial charge < -0.3 is 14.5 Å². The monoisotopic (exact) mass is 214 g/mol. The SMILES string of the molecule is Cc1ccc(S(=O)(=O)[O-])cc1C(=O)[O-]. The van der Waals surface area contributed by atoms with Gasteiger partial charge in [0, 0.05) is 5.56 Å². The molecule has 0 bridgehead atoms. The molecule has 0 atom stereocenters. The van der Waals surface area contributed by atoms with E-state index in [1.807, 2.05) is 0 Å². The predicted octanol–water partition coefficient (Wildman–Crippen LogP) is -0.737. The molecule has 0 aliphatic heterocycles. The first kappa shape index (κ1) is 10.7. The minimum atomic E-state index is -4.62. The highest BCUT2D eigenvalue weighted by molar-refractivity contribution is 7.85. The van der Waals surface area contributed by atoms with Gasteiger partial charge in [-0.1, -0.05) is 6.07 Å². The van der Waals surface area contributed by atoms with E-state index >= 15 is 0 Å². The van der Waals surface area contributed by atoms with Gasteiger partial charge in [0.1, 0.15) is 10.1 Å². The minimum Gasteiger partial charge on any atom is -0.744 e. The maximum absolute atomic E-state index is 10.6. The van der Waals surface area contributed by atoms with Crippen LogP contribution in [0, 0.1) is 6.92 Å². The first-order valence-corrected chi connectivity index (χ1v) is 5.01. The number of aryl methyl sites for hydroxylation is 1. The molecule has 0 N–H and O–H groups in total. The van der Waals surface area contributed by atoms with Crippen LogP contribution in [0.15, 0.2) is 23.1 Å². The standard InChI is InChI=1S/C8H8O5S/c1-5-2-3-6(14(11,12)13)4-7(5)8(9)10/h2-4H,1H3,(H,9,10)(H,11,12,13)/p-2. The summed E-state index contributed by atoms with van der Waals surface area (Å²) in [6.07, 6.45) is 0. The molecule has 0 radical (unpaired) electrons. The summed E-state index contributed by atoms with van der Waals surface area (Å²) in [7, 11) is -4.62. The number of rotatable bonds is 2. The molecule has 0 unspecified atom stereocenters. The van der Waals surface area contributed by atoms with Crippen LogP contribution >= 0.6 is 0 Å². The number of aromatic carboxylic acids is 1. The molecular formula is C8H6O5S-2. The third-order valence-corrected chi connectivity index (χ3v) is 2.55. The molecule has 1 rings (SSSR count). The van der Waals surface area contributed by atoms with Crippen molar-refractivity contribution in [2.75, 3.05) is 0 Å². The van der Waals surface area contributed by atoms with Crippen molar-refractivity contribution in [2.45, 2.75) is 11.8 Å². The number of hydrogen-bond acceptors (Lipinski definition) is 5. The lowest BCUT2D eigenvalue weighted by Gasteiger charge is -2.11. The van der Waals surface area contributed by atoms with Crippen molar-refractivity contribution < 1.29 is 22.9 Å². The van der Waals surface area contributed by atoms with Crippen molar-refractivity contribution >= 4 is 16.1 Å². The number of benzene rings is 1. The van der Waals surface area contributed by atoms with Gasteiger partial charge in [-0.15, -0.1) is 0 Å². The molecule has 0 saturated carbocycles. The summed E-state index contributed by atoms with van der Waals surface area (Å²) in [6, 6.07) is 3.10. The van der Waals surface area contributed by atoms with E-state index in [9.17, 15) is 22.9 Å². The van der Waals surface area contributed by atoms with Crippen LogP contribution in [-0.2, 0) is 10.1 Å². The average Bonchev–Trinajstić information content (AvgIpc) is 2.02. The second-order valence-corrected chi connectivity index (χ2v) is 4.10.